The first-order valence-corrected chi connectivity index (χ1v) is 5.54. The van der Waals surface area contributed by atoms with Crippen molar-refractivity contribution in [1.82, 2.24) is 4.57 Å². The summed E-state index contributed by atoms with van der Waals surface area (Å²) in [6.07, 6.45) is 2.77. The lowest BCUT2D eigenvalue weighted by Gasteiger charge is -1.98. The average molecular weight is 250 g/mol. The fourth-order valence-corrected chi connectivity index (χ4v) is 2.10. The van der Waals surface area contributed by atoms with Crippen LogP contribution in [0.4, 0.5) is 0 Å². The van der Waals surface area contributed by atoms with Gasteiger partial charge in [0.1, 0.15) is 0 Å². The highest BCUT2D eigenvalue weighted by atomic mass is 35.5. The van der Waals surface area contributed by atoms with Crippen molar-refractivity contribution in [3.63, 3.8) is 0 Å². The van der Waals surface area contributed by atoms with E-state index < -0.39 is 5.97 Å². The number of aromatic nitrogens is 1. The summed E-state index contributed by atoms with van der Waals surface area (Å²) in [6.45, 7) is 1.95. The molecule has 1 heterocycles. The van der Waals surface area contributed by atoms with Crippen LogP contribution in [-0.2, 0) is 11.8 Å². The molecule has 1 aromatic heterocycles. The largest absolute Gasteiger partial charge is 0.478 e. The van der Waals surface area contributed by atoms with E-state index in [0.29, 0.717) is 5.02 Å². The summed E-state index contributed by atoms with van der Waals surface area (Å²) in [6, 6.07) is 5.59. The summed E-state index contributed by atoms with van der Waals surface area (Å²) in [5, 5.41) is 10.4. The lowest BCUT2D eigenvalue weighted by atomic mass is 10.1. The van der Waals surface area contributed by atoms with Crippen LogP contribution in [0, 0.1) is 6.92 Å². The molecule has 2 rings (SSSR count). The molecule has 0 aliphatic rings. The SMILES string of the molecule is Cc1c(/C=C/C(=O)O)c2ccc(Cl)cc2n1C. The molecule has 17 heavy (non-hydrogen) atoms. The molecular weight excluding hydrogens is 238 g/mol. The number of carbonyl (C=O) groups is 1. The first-order valence-electron chi connectivity index (χ1n) is 5.16. The number of fused-ring (bicyclic) bond motifs is 1. The predicted molar refractivity (Wildman–Crippen MR) is 69.3 cm³/mol. The number of benzene rings is 1. The number of aryl methyl sites for hydroxylation is 1. The van der Waals surface area contributed by atoms with Gasteiger partial charge in [-0.3, -0.25) is 0 Å². The normalized spacial score (nSPS) is 11.5. The van der Waals surface area contributed by atoms with Gasteiger partial charge in [-0.2, -0.15) is 0 Å². The third-order valence-electron chi connectivity index (χ3n) is 2.90. The highest BCUT2D eigenvalue weighted by molar-refractivity contribution is 6.31. The maximum atomic E-state index is 10.6. The zero-order chi connectivity index (χ0) is 12.6. The van der Waals surface area contributed by atoms with E-state index in [1.165, 1.54) is 0 Å². The molecule has 0 aliphatic carbocycles. The fraction of sp³-hybridized carbons (Fsp3) is 0.154. The number of carboxylic acid groups (broad SMARTS) is 1. The summed E-state index contributed by atoms with van der Waals surface area (Å²) in [5.74, 6) is -0.949. The first kappa shape index (κ1) is 11.7. The van der Waals surface area contributed by atoms with E-state index in [2.05, 4.69) is 0 Å². The molecule has 0 amide bonds. The molecule has 0 spiro atoms. The number of carboxylic acids is 1. The van der Waals surface area contributed by atoms with Crippen LogP contribution in [0.3, 0.4) is 0 Å². The monoisotopic (exact) mass is 249 g/mol. The minimum Gasteiger partial charge on any atom is -0.478 e. The van der Waals surface area contributed by atoms with Gasteiger partial charge in [0.05, 0.1) is 5.52 Å². The molecule has 3 nitrogen and oxygen atoms in total. The Hall–Kier alpha value is -1.74. The predicted octanol–water partition coefficient (Wildman–Crippen LogP) is 3.24. The summed E-state index contributed by atoms with van der Waals surface area (Å²) in [5.41, 5.74) is 2.93. The molecule has 88 valence electrons. The van der Waals surface area contributed by atoms with Crippen molar-refractivity contribution < 1.29 is 9.90 Å². The molecule has 0 unspecified atom stereocenters. The molecule has 4 heteroatoms. The maximum absolute atomic E-state index is 10.6. The number of hydrogen-bond acceptors (Lipinski definition) is 1. The van der Waals surface area contributed by atoms with Gasteiger partial charge in [-0.25, -0.2) is 4.79 Å². The van der Waals surface area contributed by atoms with Crippen LogP contribution in [-0.4, -0.2) is 15.6 Å². The molecule has 1 aromatic carbocycles. The molecule has 2 aromatic rings. The van der Waals surface area contributed by atoms with Crippen LogP contribution in [0.15, 0.2) is 24.3 Å². The van der Waals surface area contributed by atoms with Gasteiger partial charge in [-0.1, -0.05) is 17.7 Å². The van der Waals surface area contributed by atoms with Gasteiger partial charge in [0, 0.05) is 34.8 Å². The van der Waals surface area contributed by atoms with Gasteiger partial charge in [-0.05, 0) is 25.1 Å². The van der Waals surface area contributed by atoms with Gasteiger partial charge in [-0.15, -0.1) is 0 Å². The van der Waals surface area contributed by atoms with E-state index in [0.717, 1.165) is 28.2 Å². The zero-order valence-electron chi connectivity index (χ0n) is 9.57. The van der Waals surface area contributed by atoms with Gasteiger partial charge in [0.15, 0.2) is 0 Å². The Bertz CT molecular complexity index is 626. The van der Waals surface area contributed by atoms with Crippen molar-refractivity contribution in [1.29, 1.82) is 0 Å². The molecule has 0 radical (unpaired) electrons. The fourth-order valence-electron chi connectivity index (χ4n) is 1.93. The Labute approximate surface area is 104 Å². The standard InChI is InChI=1S/C13H12ClNO2/c1-8-10(5-6-13(16)17)11-4-3-9(14)7-12(11)15(8)2/h3-7H,1-2H3,(H,16,17)/b6-5+. The Morgan fingerprint density at radius 1 is 1.47 bits per heavy atom. The summed E-state index contributed by atoms with van der Waals surface area (Å²) < 4.78 is 2.00. The van der Waals surface area contributed by atoms with Crippen LogP contribution in [0.1, 0.15) is 11.3 Å². The van der Waals surface area contributed by atoms with E-state index >= 15 is 0 Å². The number of rotatable bonds is 2. The van der Waals surface area contributed by atoms with E-state index in [1.54, 1.807) is 12.1 Å². The molecule has 0 bridgehead atoms. The van der Waals surface area contributed by atoms with Crippen LogP contribution >= 0.6 is 11.6 Å². The second-order valence-corrected chi connectivity index (χ2v) is 4.33. The van der Waals surface area contributed by atoms with Crippen LogP contribution in [0.25, 0.3) is 17.0 Å². The molecular formula is C13H12ClNO2. The van der Waals surface area contributed by atoms with E-state index in [4.69, 9.17) is 16.7 Å². The molecule has 1 N–H and O–H groups in total. The molecule has 0 saturated carbocycles. The lowest BCUT2D eigenvalue weighted by molar-refractivity contribution is -0.131. The third kappa shape index (κ3) is 2.06. The number of aliphatic carboxylic acids is 1. The van der Waals surface area contributed by atoms with Crippen LogP contribution in [0.5, 0.6) is 0 Å². The number of hydrogen-bond donors (Lipinski definition) is 1. The molecule has 0 saturated heterocycles. The van der Waals surface area contributed by atoms with Crippen molar-refractivity contribution in [2.45, 2.75) is 6.92 Å². The number of nitrogens with zero attached hydrogens (tertiary/aromatic N) is 1. The van der Waals surface area contributed by atoms with E-state index in [9.17, 15) is 4.79 Å². The first-order chi connectivity index (χ1) is 8.00. The lowest BCUT2D eigenvalue weighted by Crippen LogP contribution is -1.90. The molecule has 0 atom stereocenters. The zero-order valence-corrected chi connectivity index (χ0v) is 10.3. The second kappa shape index (κ2) is 4.26. The highest BCUT2D eigenvalue weighted by Crippen LogP contribution is 2.28. The van der Waals surface area contributed by atoms with E-state index in [-0.39, 0.29) is 0 Å². The smallest absolute Gasteiger partial charge is 0.328 e. The highest BCUT2D eigenvalue weighted by Gasteiger charge is 2.09. The summed E-state index contributed by atoms with van der Waals surface area (Å²) >= 11 is 5.95. The Balaban J connectivity index is 2.71. The van der Waals surface area contributed by atoms with Crippen molar-refractivity contribution in [3.8, 4) is 0 Å². The van der Waals surface area contributed by atoms with Crippen molar-refractivity contribution >= 4 is 34.5 Å². The van der Waals surface area contributed by atoms with Crippen LogP contribution in [0.2, 0.25) is 5.02 Å². The second-order valence-electron chi connectivity index (χ2n) is 3.89. The third-order valence-corrected chi connectivity index (χ3v) is 3.13. The molecule has 0 fully saturated rings. The Kier molecular flexibility index (Phi) is 2.94. The minimum absolute atomic E-state index is 0.673. The Morgan fingerprint density at radius 3 is 2.82 bits per heavy atom. The van der Waals surface area contributed by atoms with E-state index in [1.807, 2.05) is 30.7 Å². The van der Waals surface area contributed by atoms with Gasteiger partial charge >= 0.3 is 5.97 Å². The van der Waals surface area contributed by atoms with Crippen molar-refractivity contribution in [2.24, 2.45) is 7.05 Å². The van der Waals surface area contributed by atoms with Gasteiger partial charge < -0.3 is 9.67 Å². The maximum Gasteiger partial charge on any atom is 0.328 e. The van der Waals surface area contributed by atoms with Gasteiger partial charge in [0.2, 0.25) is 0 Å². The summed E-state index contributed by atoms with van der Waals surface area (Å²) in [7, 11) is 1.94. The average Bonchev–Trinajstić information content (AvgIpc) is 2.50. The Morgan fingerprint density at radius 2 is 2.18 bits per heavy atom. The van der Waals surface area contributed by atoms with Crippen molar-refractivity contribution in [3.05, 3.63) is 40.6 Å². The molecule has 0 aliphatic heterocycles. The van der Waals surface area contributed by atoms with Gasteiger partial charge in [0.25, 0.3) is 0 Å². The topological polar surface area (TPSA) is 42.2 Å². The summed E-state index contributed by atoms with van der Waals surface area (Å²) in [4.78, 5) is 10.6. The minimum atomic E-state index is -0.949. The quantitative estimate of drug-likeness (QED) is 0.831. The number of halogens is 1. The van der Waals surface area contributed by atoms with Crippen molar-refractivity contribution in [2.75, 3.05) is 0 Å². The van der Waals surface area contributed by atoms with Crippen LogP contribution < -0.4 is 0 Å².